The molecular formula is C18H25N3O2S. The van der Waals surface area contributed by atoms with Crippen molar-refractivity contribution in [2.45, 2.75) is 32.9 Å². The van der Waals surface area contributed by atoms with Crippen LogP contribution in [0.1, 0.15) is 26.5 Å². The molecule has 2 aromatic rings. The van der Waals surface area contributed by atoms with E-state index in [1.165, 1.54) is 0 Å². The van der Waals surface area contributed by atoms with Gasteiger partial charge < -0.3 is 10.1 Å². The van der Waals surface area contributed by atoms with Gasteiger partial charge in [0.05, 0.1) is 19.3 Å². The minimum Gasteiger partial charge on any atom is -0.497 e. The Morgan fingerprint density at radius 3 is 2.54 bits per heavy atom. The number of ether oxygens (including phenoxy) is 1. The standard InChI is InChI=1S/C18H25N3O2S/c1-18(2,3)20-16(22)11-21(4)10-14-12-24-17(19-14)13-6-8-15(23-5)9-7-13/h6-9,12H,10-11H2,1-5H3,(H,20,22). The van der Waals surface area contributed by atoms with Crippen LogP contribution >= 0.6 is 11.3 Å². The molecule has 0 spiro atoms. The van der Waals surface area contributed by atoms with Gasteiger partial charge in [-0.25, -0.2) is 4.98 Å². The number of thiazole rings is 1. The zero-order chi connectivity index (χ0) is 17.7. The van der Waals surface area contributed by atoms with Crippen LogP contribution in [-0.4, -0.2) is 42.0 Å². The minimum absolute atomic E-state index is 0.0237. The molecule has 0 saturated carbocycles. The molecular weight excluding hydrogens is 322 g/mol. The lowest BCUT2D eigenvalue weighted by Crippen LogP contribution is -2.45. The maximum Gasteiger partial charge on any atom is 0.234 e. The average Bonchev–Trinajstić information content (AvgIpc) is 2.93. The molecule has 130 valence electrons. The van der Waals surface area contributed by atoms with Gasteiger partial charge >= 0.3 is 0 Å². The van der Waals surface area contributed by atoms with E-state index in [1.54, 1.807) is 18.4 Å². The molecule has 0 aliphatic heterocycles. The number of nitrogens with one attached hydrogen (secondary N) is 1. The van der Waals surface area contributed by atoms with Crippen LogP contribution in [0.4, 0.5) is 0 Å². The Bertz CT molecular complexity index is 674. The van der Waals surface area contributed by atoms with Crippen molar-refractivity contribution < 1.29 is 9.53 Å². The van der Waals surface area contributed by atoms with Gasteiger partial charge in [0, 0.05) is 23.0 Å². The monoisotopic (exact) mass is 347 g/mol. The number of amides is 1. The SMILES string of the molecule is COc1ccc(-c2nc(CN(C)CC(=O)NC(C)(C)C)cs2)cc1. The second-order valence-electron chi connectivity index (χ2n) is 6.84. The first kappa shape index (κ1) is 18.4. The Labute approximate surface area is 147 Å². The number of hydrogen-bond donors (Lipinski definition) is 1. The number of likely N-dealkylation sites (N-methyl/N-ethyl adjacent to an activating group) is 1. The summed E-state index contributed by atoms with van der Waals surface area (Å²) in [5.74, 6) is 0.857. The highest BCUT2D eigenvalue weighted by Gasteiger charge is 2.16. The van der Waals surface area contributed by atoms with Crippen molar-refractivity contribution in [3.63, 3.8) is 0 Å². The molecule has 1 heterocycles. The lowest BCUT2D eigenvalue weighted by atomic mass is 10.1. The Morgan fingerprint density at radius 2 is 1.96 bits per heavy atom. The normalized spacial score (nSPS) is 11.6. The highest BCUT2D eigenvalue weighted by atomic mass is 32.1. The third-order valence-corrected chi connectivity index (χ3v) is 4.19. The van der Waals surface area contributed by atoms with Gasteiger partial charge in [-0.15, -0.1) is 11.3 Å². The summed E-state index contributed by atoms with van der Waals surface area (Å²) < 4.78 is 5.17. The van der Waals surface area contributed by atoms with E-state index in [9.17, 15) is 4.79 Å². The van der Waals surface area contributed by atoms with E-state index in [0.29, 0.717) is 13.1 Å². The lowest BCUT2D eigenvalue weighted by molar-refractivity contribution is -0.123. The quantitative estimate of drug-likeness (QED) is 0.872. The van der Waals surface area contributed by atoms with Crippen LogP contribution in [0.25, 0.3) is 10.6 Å². The molecule has 5 nitrogen and oxygen atoms in total. The van der Waals surface area contributed by atoms with Gasteiger partial charge in [0.2, 0.25) is 5.91 Å². The van der Waals surface area contributed by atoms with Gasteiger partial charge in [-0.1, -0.05) is 0 Å². The minimum atomic E-state index is -0.208. The second-order valence-corrected chi connectivity index (χ2v) is 7.70. The molecule has 1 amide bonds. The molecule has 1 N–H and O–H groups in total. The first-order valence-electron chi connectivity index (χ1n) is 7.85. The average molecular weight is 347 g/mol. The van der Waals surface area contributed by atoms with Crippen molar-refractivity contribution in [1.82, 2.24) is 15.2 Å². The van der Waals surface area contributed by atoms with Crippen LogP contribution in [0.5, 0.6) is 5.75 Å². The highest BCUT2D eigenvalue weighted by Crippen LogP contribution is 2.26. The predicted molar refractivity (Wildman–Crippen MR) is 98.3 cm³/mol. The molecule has 0 fully saturated rings. The molecule has 6 heteroatoms. The van der Waals surface area contributed by atoms with Gasteiger partial charge in [0.25, 0.3) is 0 Å². The van der Waals surface area contributed by atoms with Gasteiger partial charge in [-0.2, -0.15) is 0 Å². The van der Waals surface area contributed by atoms with Gasteiger partial charge in [-0.3, -0.25) is 9.69 Å². The van der Waals surface area contributed by atoms with E-state index >= 15 is 0 Å². The Kier molecular flexibility index (Phi) is 5.96. The molecule has 0 bridgehead atoms. The molecule has 0 aliphatic rings. The largest absolute Gasteiger partial charge is 0.497 e. The van der Waals surface area contributed by atoms with Crippen LogP contribution in [0.3, 0.4) is 0 Å². The van der Waals surface area contributed by atoms with Crippen molar-refractivity contribution >= 4 is 17.2 Å². The Morgan fingerprint density at radius 1 is 1.29 bits per heavy atom. The number of rotatable bonds is 6. The number of carbonyl (C=O) groups excluding carboxylic acids is 1. The third kappa shape index (κ3) is 5.62. The molecule has 24 heavy (non-hydrogen) atoms. The van der Waals surface area contributed by atoms with Crippen LogP contribution in [0.2, 0.25) is 0 Å². The summed E-state index contributed by atoms with van der Waals surface area (Å²) in [4.78, 5) is 18.6. The summed E-state index contributed by atoms with van der Waals surface area (Å²) >= 11 is 1.61. The number of methoxy groups -OCH3 is 1. The fraction of sp³-hybridized carbons (Fsp3) is 0.444. The zero-order valence-corrected chi connectivity index (χ0v) is 15.7. The zero-order valence-electron chi connectivity index (χ0n) is 14.9. The molecule has 0 unspecified atom stereocenters. The molecule has 1 aromatic carbocycles. The van der Waals surface area contributed by atoms with Gasteiger partial charge in [0.15, 0.2) is 0 Å². The number of aromatic nitrogens is 1. The molecule has 0 atom stereocenters. The smallest absolute Gasteiger partial charge is 0.234 e. The molecule has 0 aliphatic carbocycles. The number of benzene rings is 1. The summed E-state index contributed by atoms with van der Waals surface area (Å²) in [7, 11) is 3.58. The Hall–Kier alpha value is -1.92. The van der Waals surface area contributed by atoms with E-state index in [2.05, 4.69) is 10.3 Å². The number of hydrogen-bond acceptors (Lipinski definition) is 5. The van der Waals surface area contributed by atoms with Crippen molar-refractivity contribution in [3.05, 3.63) is 35.3 Å². The van der Waals surface area contributed by atoms with Crippen molar-refractivity contribution in [3.8, 4) is 16.3 Å². The van der Waals surface area contributed by atoms with Crippen molar-refractivity contribution in [1.29, 1.82) is 0 Å². The second kappa shape index (κ2) is 7.77. The van der Waals surface area contributed by atoms with E-state index in [0.717, 1.165) is 22.0 Å². The molecule has 0 saturated heterocycles. The maximum absolute atomic E-state index is 12.0. The summed E-state index contributed by atoms with van der Waals surface area (Å²) in [5, 5.41) is 5.98. The fourth-order valence-corrected chi connectivity index (χ4v) is 3.10. The van der Waals surface area contributed by atoms with Crippen molar-refractivity contribution in [2.75, 3.05) is 20.7 Å². The Balaban J connectivity index is 1.94. The summed E-state index contributed by atoms with van der Waals surface area (Å²) in [5.41, 5.74) is 1.83. The van der Waals surface area contributed by atoms with Crippen LogP contribution in [-0.2, 0) is 11.3 Å². The van der Waals surface area contributed by atoms with Crippen molar-refractivity contribution in [2.24, 2.45) is 0 Å². The first-order valence-corrected chi connectivity index (χ1v) is 8.73. The third-order valence-electron chi connectivity index (χ3n) is 3.25. The number of carbonyl (C=O) groups is 1. The van der Waals surface area contributed by atoms with E-state index in [4.69, 9.17) is 4.74 Å². The number of nitrogens with zero attached hydrogens (tertiary/aromatic N) is 2. The predicted octanol–water partition coefficient (Wildman–Crippen LogP) is 3.17. The lowest BCUT2D eigenvalue weighted by Gasteiger charge is -2.23. The molecule has 2 rings (SSSR count). The topological polar surface area (TPSA) is 54.5 Å². The van der Waals surface area contributed by atoms with E-state index in [-0.39, 0.29) is 11.4 Å². The van der Waals surface area contributed by atoms with Gasteiger partial charge in [-0.05, 0) is 52.1 Å². The molecule has 0 radical (unpaired) electrons. The van der Waals surface area contributed by atoms with E-state index in [1.807, 2.05) is 62.4 Å². The fourth-order valence-electron chi connectivity index (χ4n) is 2.28. The van der Waals surface area contributed by atoms with E-state index < -0.39 is 0 Å². The van der Waals surface area contributed by atoms with Gasteiger partial charge in [0.1, 0.15) is 10.8 Å². The highest BCUT2D eigenvalue weighted by molar-refractivity contribution is 7.13. The first-order chi connectivity index (χ1) is 11.3. The van der Waals surface area contributed by atoms with Crippen LogP contribution in [0, 0.1) is 0 Å². The summed E-state index contributed by atoms with van der Waals surface area (Å²) in [6.07, 6.45) is 0. The molecule has 1 aromatic heterocycles. The summed E-state index contributed by atoms with van der Waals surface area (Å²) in [6.45, 7) is 6.93. The van der Waals surface area contributed by atoms with Crippen LogP contribution in [0.15, 0.2) is 29.6 Å². The van der Waals surface area contributed by atoms with Crippen LogP contribution < -0.4 is 10.1 Å². The summed E-state index contributed by atoms with van der Waals surface area (Å²) in [6, 6.07) is 7.86. The maximum atomic E-state index is 12.0.